The van der Waals surface area contributed by atoms with Crippen molar-refractivity contribution in [1.82, 2.24) is 10.2 Å². The van der Waals surface area contributed by atoms with Crippen molar-refractivity contribution in [3.63, 3.8) is 0 Å². The molecule has 0 aliphatic heterocycles. The Hall–Kier alpha value is -0.120. The minimum atomic E-state index is 0.897. The van der Waals surface area contributed by atoms with Gasteiger partial charge in [0, 0.05) is 13.7 Å². The average molecular weight is 202 g/mol. The van der Waals surface area contributed by atoms with Crippen molar-refractivity contribution in [3.8, 4) is 0 Å². The third-order valence-corrected chi connectivity index (χ3v) is 2.42. The first-order valence-electron chi connectivity index (χ1n) is 5.71. The van der Waals surface area contributed by atoms with Gasteiger partial charge in [-0.3, -0.25) is 0 Å². The number of rotatable bonds is 10. The fourth-order valence-corrected chi connectivity index (χ4v) is 1.49. The van der Waals surface area contributed by atoms with E-state index >= 15 is 0 Å². The van der Waals surface area contributed by atoms with Gasteiger partial charge in [0.05, 0.1) is 0 Å². The topological polar surface area (TPSA) is 24.5 Å². The number of hydrogen-bond donors (Lipinski definition) is 1. The van der Waals surface area contributed by atoms with Crippen LogP contribution in [0.1, 0.15) is 26.2 Å². The van der Waals surface area contributed by atoms with Gasteiger partial charge in [0.15, 0.2) is 0 Å². The van der Waals surface area contributed by atoms with Crippen molar-refractivity contribution in [2.75, 3.05) is 46.9 Å². The second-order valence-corrected chi connectivity index (χ2v) is 3.59. The smallest absolute Gasteiger partial charge is 0.0462 e. The van der Waals surface area contributed by atoms with Crippen LogP contribution < -0.4 is 5.32 Å². The lowest BCUT2D eigenvalue weighted by atomic mass is 10.3. The van der Waals surface area contributed by atoms with Gasteiger partial charge in [-0.25, -0.2) is 0 Å². The van der Waals surface area contributed by atoms with Gasteiger partial charge in [-0.15, -0.1) is 0 Å². The minimum Gasteiger partial charge on any atom is -0.385 e. The number of unbranched alkanes of at least 4 members (excludes halogenated alkanes) is 1. The fourth-order valence-electron chi connectivity index (χ4n) is 1.49. The van der Waals surface area contributed by atoms with Crippen LogP contribution in [0.25, 0.3) is 0 Å². The van der Waals surface area contributed by atoms with Crippen LogP contribution in [0, 0.1) is 0 Å². The van der Waals surface area contributed by atoms with Crippen molar-refractivity contribution in [2.24, 2.45) is 0 Å². The first kappa shape index (κ1) is 13.9. The van der Waals surface area contributed by atoms with Gasteiger partial charge in [-0.2, -0.15) is 0 Å². The molecule has 3 heteroatoms. The summed E-state index contributed by atoms with van der Waals surface area (Å²) >= 11 is 0. The van der Waals surface area contributed by atoms with Crippen LogP contribution in [0.15, 0.2) is 0 Å². The molecule has 0 rings (SSSR count). The molecule has 0 atom stereocenters. The Labute approximate surface area is 88.8 Å². The first-order valence-corrected chi connectivity index (χ1v) is 5.71. The van der Waals surface area contributed by atoms with E-state index in [2.05, 4.69) is 17.1 Å². The summed E-state index contributed by atoms with van der Waals surface area (Å²) in [5.41, 5.74) is 0. The molecule has 0 fully saturated rings. The second-order valence-electron chi connectivity index (χ2n) is 3.59. The van der Waals surface area contributed by atoms with E-state index in [0.717, 1.165) is 19.7 Å². The lowest BCUT2D eigenvalue weighted by molar-refractivity contribution is 0.184. The van der Waals surface area contributed by atoms with Crippen LogP contribution in [-0.4, -0.2) is 51.8 Å². The number of ether oxygens (including phenoxy) is 1. The zero-order valence-electron chi connectivity index (χ0n) is 10.0. The highest BCUT2D eigenvalue weighted by molar-refractivity contribution is 4.56. The lowest BCUT2D eigenvalue weighted by Gasteiger charge is -2.19. The molecule has 0 aromatic carbocycles. The summed E-state index contributed by atoms with van der Waals surface area (Å²) in [5, 5.41) is 3.18. The molecule has 0 aromatic heterocycles. The van der Waals surface area contributed by atoms with Crippen molar-refractivity contribution in [1.29, 1.82) is 0 Å². The predicted octanol–water partition coefficient (Wildman–Crippen LogP) is 1.34. The highest BCUT2D eigenvalue weighted by atomic mass is 16.5. The third kappa shape index (κ3) is 8.48. The van der Waals surface area contributed by atoms with Gasteiger partial charge in [0.2, 0.25) is 0 Å². The second kappa shape index (κ2) is 11.0. The summed E-state index contributed by atoms with van der Waals surface area (Å²) in [7, 11) is 3.78. The van der Waals surface area contributed by atoms with Gasteiger partial charge in [-0.05, 0) is 52.5 Å². The molecule has 1 N–H and O–H groups in total. The summed E-state index contributed by atoms with van der Waals surface area (Å²) in [4.78, 5) is 2.51. The third-order valence-electron chi connectivity index (χ3n) is 2.42. The molecule has 0 aliphatic carbocycles. The van der Waals surface area contributed by atoms with Crippen molar-refractivity contribution in [3.05, 3.63) is 0 Å². The summed E-state index contributed by atoms with van der Waals surface area (Å²) in [6.45, 7) is 7.84. The molecule has 0 unspecified atom stereocenters. The van der Waals surface area contributed by atoms with E-state index in [4.69, 9.17) is 4.74 Å². The normalized spacial score (nSPS) is 11.1. The molecule has 3 nitrogen and oxygen atoms in total. The van der Waals surface area contributed by atoms with E-state index in [1.54, 1.807) is 7.11 Å². The SMILES string of the molecule is CCN(CCCCOC)CCCNC. The molecule has 0 amide bonds. The van der Waals surface area contributed by atoms with Gasteiger partial charge >= 0.3 is 0 Å². The quantitative estimate of drug-likeness (QED) is 0.541. The van der Waals surface area contributed by atoms with Gasteiger partial charge < -0.3 is 15.0 Å². The van der Waals surface area contributed by atoms with E-state index < -0.39 is 0 Å². The van der Waals surface area contributed by atoms with Crippen molar-refractivity contribution in [2.45, 2.75) is 26.2 Å². The molecule has 0 spiro atoms. The predicted molar refractivity (Wildman–Crippen MR) is 61.8 cm³/mol. The highest BCUT2D eigenvalue weighted by Crippen LogP contribution is 1.96. The molecule has 14 heavy (non-hydrogen) atoms. The van der Waals surface area contributed by atoms with Crippen molar-refractivity contribution >= 4 is 0 Å². The number of nitrogens with zero attached hydrogens (tertiary/aromatic N) is 1. The number of methoxy groups -OCH3 is 1. The van der Waals surface area contributed by atoms with E-state index in [1.165, 1.54) is 32.4 Å². The number of nitrogens with one attached hydrogen (secondary N) is 1. The van der Waals surface area contributed by atoms with Crippen LogP contribution in [0.2, 0.25) is 0 Å². The number of hydrogen-bond acceptors (Lipinski definition) is 3. The largest absolute Gasteiger partial charge is 0.385 e. The Balaban J connectivity index is 3.28. The summed E-state index contributed by atoms with van der Waals surface area (Å²) < 4.78 is 5.03. The Kier molecular flexibility index (Phi) is 10.9. The Morgan fingerprint density at radius 1 is 1.14 bits per heavy atom. The molecule has 0 aliphatic rings. The van der Waals surface area contributed by atoms with Gasteiger partial charge in [0.1, 0.15) is 0 Å². The molecular formula is C11H26N2O. The standard InChI is InChI=1S/C11H26N2O/c1-4-13(10-7-8-12-2)9-5-6-11-14-3/h12H,4-11H2,1-3H3. The van der Waals surface area contributed by atoms with E-state index in [0.29, 0.717) is 0 Å². The highest BCUT2D eigenvalue weighted by Gasteiger charge is 2.00. The van der Waals surface area contributed by atoms with Crippen LogP contribution in [0.5, 0.6) is 0 Å². The molecule has 0 bridgehead atoms. The molecule has 0 heterocycles. The Bertz CT molecular complexity index is 109. The van der Waals surface area contributed by atoms with Crippen LogP contribution >= 0.6 is 0 Å². The molecule has 0 saturated carbocycles. The summed E-state index contributed by atoms with van der Waals surface area (Å²) in [6.07, 6.45) is 3.68. The zero-order chi connectivity index (χ0) is 10.6. The molecule has 0 saturated heterocycles. The first-order chi connectivity index (χ1) is 6.85. The van der Waals surface area contributed by atoms with E-state index in [9.17, 15) is 0 Å². The monoisotopic (exact) mass is 202 g/mol. The minimum absolute atomic E-state index is 0.897. The zero-order valence-corrected chi connectivity index (χ0v) is 10.0. The van der Waals surface area contributed by atoms with Crippen molar-refractivity contribution < 1.29 is 4.74 Å². The average Bonchev–Trinajstić information content (AvgIpc) is 2.22. The Morgan fingerprint density at radius 3 is 2.43 bits per heavy atom. The Morgan fingerprint density at radius 2 is 1.86 bits per heavy atom. The summed E-state index contributed by atoms with van der Waals surface area (Å²) in [6, 6.07) is 0. The van der Waals surface area contributed by atoms with E-state index in [1.807, 2.05) is 7.05 Å². The maximum absolute atomic E-state index is 5.03. The molecule has 0 aromatic rings. The maximum atomic E-state index is 5.03. The van der Waals surface area contributed by atoms with Crippen LogP contribution in [0.3, 0.4) is 0 Å². The fraction of sp³-hybridized carbons (Fsp3) is 1.00. The molecular weight excluding hydrogens is 176 g/mol. The summed E-state index contributed by atoms with van der Waals surface area (Å²) in [5.74, 6) is 0. The van der Waals surface area contributed by atoms with Crippen LogP contribution in [-0.2, 0) is 4.74 Å². The lowest BCUT2D eigenvalue weighted by Crippen LogP contribution is -2.27. The molecule has 86 valence electrons. The molecule has 0 radical (unpaired) electrons. The van der Waals surface area contributed by atoms with Gasteiger partial charge in [-0.1, -0.05) is 6.92 Å². The maximum Gasteiger partial charge on any atom is 0.0462 e. The van der Waals surface area contributed by atoms with E-state index in [-0.39, 0.29) is 0 Å². The van der Waals surface area contributed by atoms with Crippen LogP contribution in [0.4, 0.5) is 0 Å². The van der Waals surface area contributed by atoms with Gasteiger partial charge in [0.25, 0.3) is 0 Å².